The minimum atomic E-state index is -0.223. The summed E-state index contributed by atoms with van der Waals surface area (Å²) in [6.45, 7) is 8.11. The minimum absolute atomic E-state index is 0.0895. The van der Waals surface area contributed by atoms with Gasteiger partial charge in [0.2, 0.25) is 0 Å². The summed E-state index contributed by atoms with van der Waals surface area (Å²) >= 11 is 0. The Morgan fingerprint density at radius 2 is 1.87 bits per heavy atom. The van der Waals surface area contributed by atoms with Crippen LogP contribution in [0.2, 0.25) is 0 Å². The summed E-state index contributed by atoms with van der Waals surface area (Å²) in [6, 6.07) is 14.4. The van der Waals surface area contributed by atoms with Crippen molar-refractivity contribution < 1.29 is 9.18 Å². The van der Waals surface area contributed by atoms with Crippen LogP contribution in [-0.4, -0.2) is 15.8 Å². The number of carbonyl (C=O) groups excluding carboxylic acids is 1. The molecular formula is C27H29FN2O. The van der Waals surface area contributed by atoms with Crippen LogP contribution in [-0.2, 0) is 19.3 Å². The van der Waals surface area contributed by atoms with Gasteiger partial charge in [-0.25, -0.2) is 4.39 Å². The van der Waals surface area contributed by atoms with Crippen molar-refractivity contribution in [1.29, 1.82) is 0 Å². The zero-order chi connectivity index (χ0) is 22.2. The van der Waals surface area contributed by atoms with E-state index in [4.69, 9.17) is 4.98 Å². The SMILES string of the molecule is C=C(C)C(C)c1ccc(C(=O)CCc2cccnc2)c(CCCc2cccc(F)c2)n1. The number of hydrogen-bond acceptors (Lipinski definition) is 3. The standard InChI is InChI=1S/C27H29FN2O/c1-19(2)20(3)25-14-13-24(27(31)15-12-22-9-6-16-29-18-22)26(30-25)11-5-8-21-7-4-10-23(28)17-21/h4,6-7,9-10,13-14,16-18,20H,1,5,8,11-12,15H2,2-3H3. The van der Waals surface area contributed by atoms with Gasteiger partial charge in [0.25, 0.3) is 0 Å². The van der Waals surface area contributed by atoms with Gasteiger partial charge in [-0.15, -0.1) is 0 Å². The lowest BCUT2D eigenvalue weighted by Gasteiger charge is -2.15. The van der Waals surface area contributed by atoms with Crippen LogP contribution in [0.3, 0.4) is 0 Å². The molecule has 3 rings (SSSR count). The molecule has 4 heteroatoms. The molecule has 0 saturated heterocycles. The Labute approximate surface area is 184 Å². The predicted octanol–water partition coefficient (Wildman–Crippen LogP) is 6.29. The topological polar surface area (TPSA) is 42.9 Å². The van der Waals surface area contributed by atoms with E-state index in [-0.39, 0.29) is 17.5 Å². The molecular weight excluding hydrogens is 387 g/mol. The number of pyridine rings is 2. The number of hydrogen-bond donors (Lipinski definition) is 0. The van der Waals surface area contributed by atoms with Gasteiger partial charge in [0.15, 0.2) is 5.78 Å². The highest BCUT2D eigenvalue weighted by molar-refractivity contribution is 5.97. The Balaban J connectivity index is 1.76. The average molecular weight is 417 g/mol. The molecule has 0 aliphatic heterocycles. The van der Waals surface area contributed by atoms with Gasteiger partial charge in [0.1, 0.15) is 5.82 Å². The maximum atomic E-state index is 13.5. The summed E-state index contributed by atoms with van der Waals surface area (Å²) in [7, 11) is 0. The van der Waals surface area contributed by atoms with E-state index in [0.717, 1.165) is 40.9 Å². The van der Waals surface area contributed by atoms with Gasteiger partial charge < -0.3 is 0 Å². The second kappa shape index (κ2) is 10.8. The van der Waals surface area contributed by atoms with Crippen LogP contribution < -0.4 is 0 Å². The maximum Gasteiger partial charge on any atom is 0.165 e. The van der Waals surface area contributed by atoms with Crippen molar-refractivity contribution in [1.82, 2.24) is 9.97 Å². The number of nitrogens with zero attached hydrogens (tertiary/aromatic N) is 2. The van der Waals surface area contributed by atoms with E-state index in [0.29, 0.717) is 24.8 Å². The van der Waals surface area contributed by atoms with Crippen molar-refractivity contribution in [2.75, 3.05) is 0 Å². The van der Waals surface area contributed by atoms with Crippen LogP contribution in [0.4, 0.5) is 4.39 Å². The van der Waals surface area contributed by atoms with Crippen molar-refractivity contribution in [3.63, 3.8) is 0 Å². The molecule has 0 radical (unpaired) electrons. The summed E-state index contributed by atoms with van der Waals surface area (Å²) in [5.41, 5.74) is 5.46. The van der Waals surface area contributed by atoms with Crippen molar-refractivity contribution in [2.24, 2.45) is 0 Å². The van der Waals surface area contributed by atoms with E-state index < -0.39 is 0 Å². The van der Waals surface area contributed by atoms with Gasteiger partial charge in [-0.3, -0.25) is 14.8 Å². The highest BCUT2D eigenvalue weighted by atomic mass is 19.1. The van der Waals surface area contributed by atoms with E-state index >= 15 is 0 Å². The molecule has 3 aromatic rings. The number of ketones is 1. The molecule has 0 spiro atoms. The number of aryl methyl sites for hydroxylation is 3. The second-order valence-corrected chi connectivity index (χ2v) is 8.07. The van der Waals surface area contributed by atoms with E-state index in [2.05, 4.69) is 18.5 Å². The van der Waals surface area contributed by atoms with Crippen LogP contribution in [0.1, 0.15) is 65.5 Å². The predicted molar refractivity (Wildman–Crippen MR) is 123 cm³/mol. The van der Waals surface area contributed by atoms with Crippen molar-refractivity contribution in [3.8, 4) is 0 Å². The third-order valence-electron chi connectivity index (χ3n) is 5.61. The lowest BCUT2D eigenvalue weighted by atomic mass is 9.95. The Morgan fingerprint density at radius 1 is 1.06 bits per heavy atom. The van der Waals surface area contributed by atoms with E-state index in [9.17, 15) is 9.18 Å². The number of allylic oxidation sites excluding steroid dienone is 1. The lowest BCUT2D eigenvalue weighted by molar-refractivity contribution is 0.0981. The summed E-state index contributed by atoms with van der Waals surface area (Å²) in [5, 5.41) is 0. The zero-order valence-electron chi connectivity index (χ0n) is 18.3. The molecule has 31 heavy (non-hydrogen) atoms. The molecule has 0 amide bonds. The van der Waals surface area contributed by atoms with Crippen LogP contribution in [0.5, 0.6) is 0 Å². The van der Waals surface area contributed by atoms with Gasteiger partial charge in [0.05, 0.1) is 5.69 Å². The fourth-order valence-corrected chi connectivity index (χ4v) is 3.55. The first kappa shape index (κ1) is 22.5. The number of benzene rings is 1. The summed E-state index contributed by atoms with van der Waals surface area (Å²) in [6.07, 6.45) is 6.80. The molecule has 0 fully saturated rings. The minimum Gasteiger partial charge on any atom is -0.294 e. The van der Waals surface area contributed by atoms with Crippen LogP contribution in [0.15, 0.2) is 73.1 Å². The quantitative estimate of drug-likeness (QED) is 0.288. The third kappa shape index (κ3) is 6.42. The molecule has 1 atom stereocenters. The largest absolute Gasteiger partial charge is 0.294 e. The number of halogens is 1. The smallest absolute Gasteiger partial charge is 0.165 e. The Kier molecular flexibility index (Phi) is 7.82. The van der Waals surface area contributed by atoms with Gasteiger partial charge in [0, 0.05) is 36.0 Å². The summed E-state index contributed by atoms with van der Waals surface area (Å²) in [5.74, 6) is -0.00711. The first-order valence-corrected chi connectivity index (χ1v) is 10.8. The van der Waals surface area contributed by atoms with E-state index in [1.165, 1.54) is 6.07 Å². The molecule has 0 N–H and O–H groups in total. The molecule has 1 unspecified atom stereocenters. The van der Waals surface area contributed by atoms with E-state index in [1.54, 1.807) is 24.5 Å². The highest BCUT2D eigenvalue weighted by Gasteiger charge is 2.16. The Morgan fingerprint density at radius 3 is 2.58 bits per heavy atom. The van der Waals surface area contributed by atoms with Crippen molar-refractivity contribution >= 4 is 5.78 Å². The van der Waals surface area contributed by atoms with E-state index in [1.807, 2.05) is 37.3 Å². The molecule has 0 aliphatic carbocycles. The Bertz CT molecular complexity index is 1050. The molecule has 1 aromatic carbocycles. The zero-order valence-corrected chi connectivity index (χ0v) is 18.3. The van der Waals surface area contributed by atoms with Crippen LogP contribution >= 0.6 is 0 Å². The molecule has 0 bridgehead atoms. The van der Waals surface area contributed by atoms with Crippen LogP contribution in [0, 0.1) is 5.82 Å². The number of carbonyl (C=O) groups is 1. The summed E-state index contributed by atoms with van der Waals surface area (Å²) in [4.78, 5) is 22.0. The highest BCUT2D eigenvalue weighted by Crippen LogP contribution is 2.23. The number of Topliss-reactive ketones (excluding diaryl/α,β-unsaturated/α-hetero) is 1. The first-order chi connectivity index (χ1) is 14.9. The molecule has 2 aromatic heterocycles. The molecule has 2 heterocycles. The number of rotatable bonds is 10. The average Bonchev–Trinajstić information content (AvgIpc) is 2.77. The van der Waals surface area contributed by atoms with Gasteiger partial charge in [-0.05, 0) is 74.1 Å². The third-order valence-corrected chi connectivity index (χ3v) is 5.61. The first-order valence-electron chi connectivity index (χ1n) is 10.8. The van der Waals surface area contributed by atoms with Crippen molar-refractivity contribution in [2.45, 2.75) is 51.9 Å². The lowest BCUT2D eigenvalue weighted by Crippen LogP contribution is -2.11. The molecule has 0 saturated carbocycles. The molecule has 3 nitrogen and oxygen atoms in total. The normalized spacial score (nSPS) is 11.8. The number of aromatic nitrogens is 2. The Hall–Kier alpha value is -3.14. The summed E-state index contributed by atoms with van der Waals surface area (Å²) < 4.78 is 13.5. The fraction of sp³-hybridized carbons (Fsp3) is 0.296. The van der Waals surface area contributed by atoms with Gasteiger partial charge in [-0.2, -0.15) is 0 Å². The monoisotopic (exact) mass is 416 g/mol. The van der Waals surface area contributed by atoms with Crippen molar-refractivity contribution in [3.05, 3.63) is 107 Å². The van der Waals surface area contributed by atoms with Gasteiger partial charge in [-0.1, -0.05) is 37.3 Å². The maximum absolute atomic E-state index is 13.5. The van der Waals surface area contributed by atoms with Gasteiger partial charge >= 0.3 is 0 Å². The van der Waals surface area contributed by atoms with Crippen LogP contribution in [0.25, 0.3) is 0 Å². The second-order valence-electron chi connectivity index (χ2n) is 8.07. The fourth-order valence-electron chi connectivity index (χ4n) is 3.55. The molecule has 160 valence electrons. The molecule has 0 aliphatic rings.